The van der Waals surface area contributed by atoms with Crippen molar-refractivity contribution in [1.29, 1.82) is 0 Å². The van der Waals surface area contributed by atoms with Crippen molar-refractivity contribution >= 4 is 0 Å². The van der Waals surface area contributed by atoms with Crippen LogP contribution < -0.4 is 10.4 Å². The first kappa shape index (κ1) is 13.9. The average molecular weight is 297 g/mol. The van der Waals surface area contributed by atoms with Crippen LogP contribution in [0.15, 0.2) is 47.3 Å². The number of hydrogen-bond acceptors (Lipinski definition) is 4. The molecule has 0 amide bonds. The minimum absolute atomic E-state index is 0.0336. The van der Waals surface area contributed by atoms with Crippen LogP contribution in [-0.4, -0.2) is 27.0 Å². The molecule has 0 aliphatic carbocycles. The van der Waals surface area contributed by atoms with Crippen molar-refractivity contribution in [3.8, 4) is 28.6 Å². The zero-order valence-corrected chi connectivity index (χ0v) is 12.2. The molecule has 2 N–H and O–H groups in total. The van der Waals surface area contributed by atoms with Crippen LogP contribution in [0.2, 0.25) is 0 Å². The van der Waals surface area contributed by atoms with E-state index in [9.17, 15) is 9.90 Å². The van der Waals surface area contributed by atoms with Crippen LogP contribution in [0.4, 0.5) is 0 Å². The Labute approximate surface area is 126 Å². The second-order valence-corrected chi connectivity index (χ2v) is 4.91. The van der Waals surface area contributed by atoms with Crippen molar-refractivity contribution < 1.29 is 9.84 Å². The van der Waals surface area contributed by atoms with Crippen molar-refractivity contribution in [2.24, 2.45) is 0 Å². The minimum Gasteiger partial charge on any atom is -0.504 e. The third kappa shape index (κ3) is 2.35. The van der Waals surface area contributed by atoms with Crippen molar-refractivity contribution in [2.45, 2.75) is 6.92 Å². The molecule has 1 aromatic heterocycles. The van der Waals surface area contributed by atoms with Crippen molar-refractivity contribution in [2.75, 3.05) is 7.11 Å². The van der Waals surface area contributed by atoms with Crippen LogP contribution in [0.25, 0.3) is 17.1 Å². The molecule has 3 aromatic rings. The predicted molar refractivity (Wildman–Crippen MR) is 82.6 cm³/mol. The number of methoxy groups -OCH3 is 1. The summed E-state index contributed by atoms with van der Waals surface area (Å²) in [4.78, 5) is 12.1. The predicted octanol–water partition coefficient (Wildman–Crippen LogP) is 2.25. The maximum atomic E-state index is 12.1. The standard InChI is InChI=1S/C16H15N3O3/c1-10-4-3-5-12(8-10)19-15(17-18-16(19)21)11-6-7-13(20)14(9-11)22-2/h3-9,20H,1-2H3,(H,18,21). The molecule has 1 heterocycles. The number of nitrogens with one attached hydrogen (secondary N) is 1. The monoisotopic (exact) mass is 297 g/mol. The topological polar surface area (TPSA) is 80.1 Å². The highest BCUT2D eigenvalue weighted by molar-refractivity contribution is 5.63. The maximum absolute atomic E-state index is 12.1. The van der Waals surface area contributed by atoms with Gasteiger partial charge in [-0.05, 0) is 42.8 Å². The lowest BCUT2D eigenvalue weighted by Gasteiger charge is -2.09. The molecule has 6 nitrogen and oxygen atoms in total. The van der Waals surface area contributed by atoms with E-state index in [-0.39, 0.29) is 11.4 Å². The normalized spacial score (nSPS) is 10.6. The third-order valence-corrected chi connectivity index (χ3v) is 3.37. The van der Waals surface area contributed by atoms with E-state index in [0.29, 0.717) is 17.1 Å². The van der Waals surface area contributed by atoms with Crippen LogP contribution in [0.3, 0.4) is 0 Å². The van der Waals surface area contributed by atoms with Crippen LogP contribution in [-0.2, 0) is 0 Å². The van der Waals surface area contributed by atoms with Crippen LogP contribution in [0, 0.1) is 6.92 Å². The Morgan fingerprint density at radius 2 is 2.05 bits per heavy atom. The summed E-state index contributed by atoms with van der Waals surface area (Å²) < 4.78 is 6.59. The molecule has 0 aliphatic rings. The quantitative estimate of drug-likeness (QED) is 0.777. The number of benzene rings is 2. The summed E-state index contributed by atoms with van der Waals surface area (Å²) in [5.74, 6) is 0.809. The maximum Gasteiger partial charge on any atom is 0.348 e. The summed E-state index contributed by atoms with van der Waals surface area (Å²) in [5, 5.41) is 16.2. The van der Waals surface area contributed by atoms with E-state index < -0.39 is 0 Å². The number of hydrogen-bond donors (Lipinski definition) is 2. The van der Waals surface area contributed by atoms with E-state index >= 15 is 0 Å². The molecule has 6 heteroatoms. The summed E-state index contributed by atoms with van der Waals surface area (Å²) in [5.41, 5.74) is 2.10. The first-order valence-corrected chi connectivity index (χ1v) is 6.72. The SMILES string of the molecule is COc1cc(-c2n[nH]c(=O)n2-c2cccc(C)c2)ccc1O. The van der Waals surface area contributed by atoms with Crippen LogP contribution in [0.1, 0.15) is 5.56 Å². The number of aromatic hydroxyl groups is 1. The molecule has 112 valence electrons. The molecule has 0 fully saturated rings. The molecule has 0 atom stereocenters. The second-order valence-electron chi connectivity index (χ2n) is 4.91. The van der Waals surface area contributed by atoms with Gasteiger partial charge in [0, 0.05) is 5.56 Å². The van der Waals surface area contributed by atoms with Gasteiger partial charge in [0.1, 0.15) is 0 Å². The highest BCUT2D eigenvalue weighted by Gasteiger charge is 2.14. The van der Waals surface area contributed by atoms with Gasteiger partial charge < -0.3 is 9.84 Å². The fraction of sp³-hybridized carbons (Fsp3) is 0.125. The Morgan fingerprint density at radius 1 is 1.23 bits per heavy atom. The molecule has 22 heavy (non-hydrogen) atoms. The first-order chi connectivity index (χ1) is 10.6. The summed E-state index contributed by atoms with van der Waals surface area (Å²) >= 11 is 0. The number of aryl methyl sites for hydroxylation is 1. The van der Waals surface area contributed by atoms with E-state index in [1.165, 1.54) is 17.7 Å². The number of phenols is 1. The highest BCUT2D eigenvalue weighted by Crippen LogP contribution is 2.30. The van der Waals surface area contributed by atoms with Crippen molar-refractivity contribution in [3.05, 3.63) is 58.5 Å². The van der Waals surface area contributed by atoms with Gasteiger partial charge in [0.2, 0.25) is 0 Å². The molecule has 3 rings (SSSR count). The molecule has 2 aromatic carbocycles. The zero-order valence-electron chi connectivity index (χ0n) is 12.2. The zero-order chi connectivity index (χ0) is 15.7. The molecule has 0 radical (unpaired) electrons. The second kappa shape index (κ2) is 5.40. The van der Waals surface area contributed by atoms with E-state index in [2.05, 4.69) is 10.2 Å². The number of rotatable bonds is 3. The average Bonchev–Trinajstić information content (AvgIpc) is 2.89. The van der Waals surface area contributed by atoms with Crippen molar-refractivity contribution in [1.82, 2.24) is 14.8 Å². The summed E-state index contributed by atoms with van der Waals surface area (Å²) in [6, 6.07) is 12.4. The van der Waals surface area contributed by atoms with Gasteiger partial charge >= 0.3 is 5.69 Å². The van der Waals surface area contributed by atoms with E-state index in [0.717, 1.165) is 11.3 Å². The van der Waals surface area contributed by atoms with Gasteiger partial charge in [-0.15, -0.1) is 0 Å². The highest BCUT2D eigenvalue weighted by atomic mass is 16.5. The lowest BCUT2D eigenvalue weighted by molar-refractivity contribution is 0.373. The van der Waals surface area contributed by atoms with Crippen LogP contribution >= 0.6 is 0 Å². The smallest absolute Gasteiger partial charge is 0.348 e. The van der Waals surface area contributed by atoms with Crippen molar-refractivity contribution in [3.63, 3.8) is 0 Å². The summed E-state index contributed by atoms with van der Waals surface area (Å²) in [6.45, 7) is 1.96. The summed E-state index contributed by atoms with van der Waals surface area (Å²) in [7, 11) is 1.47. The third-order valence-electron chi connectivity index (χ3n) is 3.37. The van der Waals surface area contributed by atoms with Gasteiger partial charge in [0.25, 0.3) is 0 Å². The summed E-state index contributed by atoms with van der Waals surface area (Å²) in [6.07, 6.45) is 0. The van der Waals surface area contributed by atoms with Gasteiger partial charge in [-0.1, -0.05) is 12.1 Å². The van der Waals surface area contributed by atoms with Gasteiger partial charge in [-0.3, -0.25) is 0 Å². The number of aromatic amines is 1. The number of aromatic nitrogens is 3. The Hall–Kier alpha value is -3.02. The number of nitrogens with zero attached hydrogens (tertiary/aromatic N) is 2. The Bertz CT molecular complexity index is 880. The Balaban J connectivity index is 2.20. The lowest BCUT2D eigenvalue weighted by Crippen LogP contribution is -2.15. The molecule has 0 aliphatic heterocycles. The fourth-order valence-electron chi connectivity index (χ4n) is 2.31. The van der Waals surface area contributed by atoms with Gasteiger partial charge in [-0.25, -0.2) is 14.5 Å². The van der Waals surface area contributed by atoms with Gasteiger partial charge in [0.05, 0.1) is 12.8 Å². The Kier molecular flexibility index (Phi) is 3.42. The first-order valence-electron chi connectivity index (χ1n) is 6.72. The number of phenolic OH excluding ortho intramolecular Hbond substituents is 1. The van der Waals surface area contributed by atoms with E-state index in [1.807, 2.05) is 31.2 Å². The molecule has 0 bridgehead atoms. The molecule has 0 spiro atoms. The molecule has 0 unspecified atom stereocenters. The fourth-order valence-corrected chi connectivity index (χ4v) is 2.31. The van der Waals surface area contributed by atoms with E-state index in [1.54, 1.807) is 12.1 Å². The number of H-pyrrole nitrogens is 1. The van der Waals surface area contributed by atoms with E-state index in [4.69, 9.17) is 4.74 Å². The largest absolute Gasteiger partial charge is 0.504 e. The van der Waals surface area contributed by atoms with Gasteiger partial charge in [0.15, 0.2) is 17.3 Å². The Morgan fingerprint density at radius 3 is 2.77 bits per heavy atom. The number of ether oxygens (including phenoxy) is 1. The van der Waals surface area contributed by atoms with Gasteiger partial charge in [-0.2, -0.15) is 5.10 Å². The minimum atomic E-state index is -0.326. The molecule has 0 saturated carbocycles. The lowest BCUT2D eigenvalue weighted by atomic mass is 10.1. The molecular formula is C16H15N3O3. The molecular weight excluding hydrogens is 282 g/mol. The van der Waals surface area contributed by atoms with Crippen LogP contribution in [0.5, 0.6) is 11.5 Å². The molecule has 0 saturated heterocycles.